The molecule has 0 aliphatic rings. The number of nitrogens with zero attached hydrogens (tertiary/aromatic N) is 2. The highest BCUT2D eigenvalue weighted by Crippen LogP contribution is 2.32. The van der Waals surface area contributed by atoms with E-state index >= 15 is 0 Å². The highest BCUT2D eigenvalue weighted by atomic mass is 16.5. The summed E-state index contributed by atoms with van der Waals surface area (Å²) in [6.45, 7) is 1.93. The molecule has 0 aliphatic heterocycles. The maximum atomic E-state index is 9.15. The van der Waals surface area contributed by atoms with E-state index in [2.05, 4.69) is 15.3 Å². The summed E-state index contributed by atoms with van der Waals surface area (Å²) in [6.07, 6.45) is 0.715. The molecular formula is C15H19N3O3. The average molecular weight is 289 g/mol. The molecule has 0 fully saturated rings. The lowest BCUT2D eigenvalue weighted by Gasteiger charge is -2.12. The molecule has 0 atom stereocenters. The summed E-state index contributed by atoms with van der Waals surface area (Å²) in [5.41, 5.74) is 0.757. The first-order valence-corrected chi connectivity index (χ1v) is 6.71. The molecule has 0 saturated carbocycles. The van der Waals surface area contributed by atoms with Crippen molar-refractivity contribution in [3.8, 4) is 17.4 Å². The van der Waals surface area contributed by atoms with Crippen LogP contribution in [0.4, 0.5) is 5.82 Å². The van der Waals surface area contributed by atoms with Crippen LogP contribution < -0.4 is 14.8 Å². The normalized spacial score (nSPS) is 10.3. The lowest BCUT2D eigenvalue weighted by molar-refractivity contribution is 0.280. The van der Waals surface area contributed by atoms with Crippen molar-refractivity contribution in [3.05, 3.63) is 35.7 Å². The van der Waals surface area contributed by atoms with Crippen LogP contribution in [0.3, 0.4) is 0 Å². The molecule has 1 aromatic carbocycles. The van der Waals surface area contributed by atoms with E-state index in [0.717, 1.165) is 5.56 Å². The number of hydrogen-bond donors (Lipinski definition) is 2. The maximum absolute atomic E-state index is 9.15. The zero-order valence-corrected chi connectivity index (χ0v) is 12.4. The van der Waals surface area contributed by atoms with Crippen molar-refractivity contribution in [1.82, 2.24) is 9.97 Å². The predicted molar refractivity (Wildman–Crippen MR) is 79.9 cm³/mol. The minimum absolute atomic E-state index is 0.0476. The lowest BCUT2D eigenvalue weighted by atomic mass is 10.2. The van der Waals surface area contributed by atoms with Gasteiger partial charge in [0.15, 0.2) is 11.5 Å². The minimum atomic E-state index is -0.0476. The van der Waals surface area contributed by atoms with E-state index < -0.39 is 0 Å². The van der Waals surface area contributed by atoms with E-state index in [1.165, 1.54) is 0 Å². The van der Waals surface area contributed by atoms with Crippen molar-refractivity contribution < 1.29 is 14.6 Å². The van der Waals surface area contributed by atoms with Crippen LogP contribution in [0.1, 0.15) is 18.3 Å². The highest BCUT2D eigenvalue weighted by Gasteiger charge is 2.10. The average Bonchev–Trinajstić information content (AvgIpc) is 2.54. The van der Waals surface area contributed by atoms with Gasteiger partial charge < -0.3 is 19.9 Å². The second-order valence-corrected chi connectivity index (χ2v) is 4.36. The third kappa shape index (κ3) is 3.61. The van der Waals surface area contributed by atoms with E-state index in [4.69, 9.17) is 14.6 Å². The maximum Gasteiger partial charge on any atom is 0.224 e. The van der Waals surface area contributed by atoms with E-state index in [1.54, 1.807) is 38.4 Å². The molecule has 2 rings (SSSR count). The van der Waals surface area contributed by atoms with Gasteiger partial charge in [0.25, 0.3) is 0 Å². The Kier molecular flexibility index (Phi) is 4.94. The van der Waals surface area contributed by atoms with Crippen molar-refractivity contribution in [2.24, 2.45) is 0 Å². The first-order valence-electron chi connectivity index (χ1n) is 6.71. The van der Waals surface area contributed by atoms with Crippen molar-refractivity contribution in [3.63, 3.8) is 0 Å². The number of benzene rings is 1. The second kappa shape index (κ2) is 6.90. The highest BCUT2D eigenvalue weighted by molar-refractivity contribution is 5.46. The number of methoxy groups -OCH3 is 1. The van der Waals surface area contributed by atoms with E-state index in [-0.39, 0.29) is 6.61 Å². The van der Waals surface area contributed by atoms with Crippen LogP contribution >= 0.6 is 0 Å². The standard InChI is InChI=1S/C15H19N3O3/c1-4-13-17-14(16-2)8-15(18-13)21-11-6-5-10(9-19)7-12(11)20-3/h5-8,19H,4,9H2,1-3H3,(H,16,17,18). The third-order valence-corrected chi connectivity index (χ3v) is 2.95. The van der Waals surface area contributed by atoms with Crippen LogP contribution in [-0.2, 0) is 13.0 Å². The topological polar surface area (TPSA) is 76.5 Å². The molecular weight excluding hydrogens is 270 g/mol. The number of anilines is 1. The number of hydrogen-bond acceptors (Lipinski definition) is 6. The van der Waals surface area contributed by atoms with Gasteiger partial charge in [-0.25, -0.2) is 4.98 Å². The Hall–Kier alpha value is -2.34. The number of aryl methyl sites for hydroxylation is 1. The molecule has 0 radical (unpaired) electrons. The Bertz CT molecular complexity index is 595. The van der Waals surface area contributed by atoms with Gasteiger partial charge in [0.05, 0.1) is 13.7 Å². The van der Waals surface area contributed by atoms with Gasteiger partial charge in [0, 0.05) is 19.5 Å². The van der Waals surface area contributed by atoms with Crippen LogP contribution in [0.5, 0.6) is 17.4 Å². The molecule has 0 spiro atoms. The number of aromatic nitrogens is 2. The van der Waals surface area contributed by atoms with Gasteiger partial charge in [-0.3, -0.25) is 0 Å². The van der Waals surface area contributed by atoms with Crippen LogP contribution in [-0.4, -0.2) is 29.2 Å². The molecule has 0 bridgehead atoms. The monoisotopic (exact) mass is 289 g/mol. The van der Waals surface area contributed by atoms with Gasteiger partial charge in [-0.05, 0) is 17.7 Å². The zero-order valence-electron chi connectivity index (χ0n) is 12.4. The van der Waals surface area contributed by atoms with Crippen molar-refractivity contribution in [2.45, 2.75) is 20.0 Å². The summed E-state index contributed by atoms with van der Waals surface area (Å²) in [5, 5.41) is 12.1. The molecule has 21 heavy (non-hydrogen) atoms. The summed E-state index contributed by atoms with van der Waals surface area (Å²) < 4.78 is 11.1. The number of ether oxygens (including phenoxy) is 2. The Balaban J connectivity index is 2.33. The van der Waals surface area contributed by atoms with Crippen LogP contribution in [0, 0.1) is 0 Å². The quantitative estimate of drug-likeness (QED) is 0.850. The smallest absolute Gasteiger partial charge is 0.224 e. The van der Waals surface area contributed by atoms with E-state index in [9.17, 15) is 0 Å². The number of nitrogens with one attached hydrogen (secondary N) is 1. The fraction of sp³-hybridized carbons (Fsp3) is 0.333. The van der Waals surface area contributed by atoms with Gasteiger partial charge in [-0.15, -0.1) is 0 Å². The van der Waals surface area contributed by atoms with E-state index in [0.29, 0.717) is 35.4 Å². The fourth-order valence-corrected chi connectivity index (χ4v) is 1.82. The molecule has 112 valence electrons. The van der Waals surface area contributed by atoms with Gasteiger partial charge in [-0.2, -0.15) is 4.98 Å². The first kappa shape index (κ1) is 15.1. The summed E-state index contributed by atoms with van der Waals surface area (Å²) in [4.78, 5) is 8.65. The molecule has 1 heterocycles. The van der Waals surface area contributed by atoms with Crippen LogP contribution in [0.2, 0.25) is 0 Å². The molecule has 2 aromatic rings. The first-order chi connectivity index (χ1) is 10.2. The predicted octanol–water partition coefficient (Wildman–Crippen LogP) is 2.37. The molecule has 6 heteroatoms. The molecule has 0 aliphatic carbocycles. The van der Waals surface area contributed by atoms with Gasteiger partial charge in [-0.1, -0.05) is 13.0 Å². The fourth-order valence-electron chi connectivity index (χ4n) is 1.82. The summed E-state index contributed by atoms with van der Waals surface area (Å²) in [5.74, 6) is 2.92. The SMILES string of the molecule is CCc1nc(NC)cc(Oc2ccc(CO)cc2OC)n1. The Morgan fingerprint density at radius 3 is 2.62 bits per heavy atom. The molecule has 0 saturated heterocycles. The Labute approximate surface area is 123 Å². The number of rotatable bonds is 6. The van der Waals surface area contributed by atoms with Crippen molar-refractivity contribution >= 4 is 5.82 Å². The van der Waals surface area contributed by atoms with Crippen LogP contribution in [0.25, 0.3) is 0 Å². The number of aliphatic hydroxyl groups is 1. The van der Waals surface area contributed by atoms with Gasteiger partial charge in [0.1, 0.15) is 11.6 Å². The van der Waals surface area contributed by atoms with Crippen LogP contribution in [0.15, 0.2) is 24.3 Å². The second-order valence-electron chi connectivity index (χ2n) is 4.36. The summed E-state index contributed by atoms with van der Waals surface area (Å²) in [6, 6.07) is 6.98. The zero-order chi connectivity index (χ0) is 15.2. The molecule has 0 amide bonds. The van der Waals surface area contributed by atoms with Crippen molar-refractivity contribution in [2.75, 3.05) is 19.5 Å². The van der Waals surface area contributed by atoms with Gasteiger partial charge >= 0.3 is 0 Å². The lowest BCUT2D eigenvalue weighted by Crippen LogP contribution is -2.01. The molecule has 0 unspecified atom stereocenters. The summed E-state index contributed by atoms with van der Waals surface area (Å²) in [7, 11) is 3.35. The third-order valence-electron chi connectivity index (χ3n) is 2.95. The van der Waals surface area contributed by atoms with Gasteiger partial charge in [0.2, 0.25) is 5.88 Å². The largest absolute Gasteiger partial charge is 0.493 e. The minimum Gasteiger partial charge on any atom is -0.493 e. The number of aliphatic hydroxyl groups excluding tert-OH is 1. The Morgan fingerprint density at radius 1 is 1.19 bits per heavy atom. The van der Waals surface area contributed by atoms with E-state index in [1.807, 2.05) is 6.92 Å². The summed E-state index contributed by atoms with van der Waals surface area (Å²) >= 11 is 0. The van der Waals surface area contributed by atoms with Crippen molar-refractivity contribution in [1.29, 1.82) is 0 Å². The Morgan fingerprint density at radius 2 is 2.00 bits per heavy atom. The molecule has 6 nitrogen and oxygen atoms in total. The molecule has 2 N–H and O–H groups in total. The molecule has 1 aromatic heterocycles.